The number of benzene rings is 1. The standard InChI is InChI=1S/C13H18O/c1-4-6-11(5-2)12-7-9-13(14-3)10-8-12/h6-10H,4-5H2,1-3H3. The fourth-order valence-electron chi connectivity index (χ4n) is 1.52. The minimum absolute atomic E-state index is 0.917. The molecule has 0 N–H and O–H groups in total. The number of rotatable bonds is 4. The lowest BCUT2D eigenvalue weighted by Gasteiger charge is -2.05. The number of ether oxygens (including phenoxy) is 1. The summed E-state index contributed by atoms with van der Waals surface area (Å²) in [7, 11) is 1.69. The van der Waals surface area contributed by atoms with E-state index in [1.807, 2.05) is 12.1 Å². The van der Waals surface area contributed by atoms with E-state index in [1.54, 1.807) is 7.11 Å². The fourth-order valence-corrected chi connectivity index (χ4v) is 1.52. The van der Waals surface area contributed by atoms with Crippen LogP contribution in [-0.4, -0.2) is 7.11 Å². The number of hydrogen-bond acceptors (Lipinski definition) is 1. The summed E-state index contributed by atoms with van der Waals surface area (Å²) in [6, 6.07) is 8.25. The molecule has 0 unspecified atom stereocenters. The van der Waals surface area contributed by atoms with Gasteiger partial charge in [0.2, 0.25) is 0 Å². The number of hydrogen-bond donors (Lipinski definition) is 0. The van der Waals surface area contributed by atoms with Crippen LogP contribution in [0.4, 0.5) is 0 Å². The predicted molar refractivity (Wildman–Crippen MR) is 61.6 cm³/mol. The third-order valence-corrected chi connectivity index (χ3v) is 2.29. The molecule has 14 heavy (non-hydrogen) atoms. The molecular weight excluding hydrogens is 172 g/mol. The third kappa shape index (κ3) is 2.63. The summed E-state index contributed by atoms with van der Waals surface area (Å²) in [6.07, 6.45) is 4.46. The molecule has 0 saturated heterocycles. The van der Waals surface area contributed by atoms with Gasteiger partial charge < -0.3 is 4.74 Å². The van der Waals surface area contributed by atoms with Crippen molar-refractivity contribution in [2.45, 2.75) is 26.7 Å². The van der Waals surface area contributed by atoms with E-state index in [2.05, 4.69) is 32.1 Å². The molecule has 0 atom stereocenters. The van der Waals surface area contributed by atoms with Crippen LogP contribution in [0.1, 0.15) is 32.3 Å². The van der Waals surface area contributed by atoms with Gasteiger partial charge in [0.15, 0.2) is 0 Å². The molecule has 0 radical (unpaired) electrons. The van der Waals surface area contributed by atoms with Gasteiger partial charge in [-0.1, -0.05) is 32.1 Å². The Kier molecular flexibility index (Phi) is 4.24. The Bertz CT molecular complexity index is 296. The fraction of sp³-hybridized carbons (Fsp3) is 0.385. The van der Waals surface area contributed by atoms with Crippen LogP contribution in [0.5, 0.6) is 5.75 Å². The van der Waals surface area contributed by atoms with E-state index in [4.69, 9.17) is 4.74 Å². The van der Waals surface area contributed by atoms with Crippen molar-refractivity contribution in [3.63, 3.8) is 0 Å². The Morgan fingerprint density at radius 3 is 2.29 bits per heavy atom. The molecular formula is C13H18O. The van der Waals surface area contributed by atoms with Crippen LogP contribution in [0.3, 0.4) is 0 Å². The van der Waals surface area contributed by atoms with E-state index >= 15 is 0 Å². The molecule has 0 saturated carbocycles. The van der Waals surface area contributed by atoms with E-state index in [9.17, 15) is 0 Å². The highest BCUT2D eigenvalue weighted by Crippen LogP contribution is 2.21. The summed E-state index contributed by atoms with van der Waals surface area (Å²) in [5, 5.41) is 0. The average molecular weight is 190 g/mol. The first-order chi connectivity index (χ1) is 6.81. The second-order valence-corrected chi connectivity index (χ2v) is 3.22. The van der Waals surface area contributed by atoms with Crippen LogP contribution in [0, 0.1) is 0 Å². The van der Waals surface area contributed by atoms with Crippen molar-refractivity contribution in [3.8, 4) is 5.75 Å². The SMILES string of the molecule is CCC=C(CC)c1ccc(OC)cc1. The first kappa shape index (κ1) is 10.8. The zero-order chi connectivity index (χ0) is 10.4. The molecule has 1 nitrogen and oxygen atoms in total. The van der Waals surface area contributed by atoms with Crippen LogP contribution in [0.25, 0.3) is 5.57 Å². The Hall–Kier alpha value is -1.24. The summed E-state index contributed by atoms with van der Waals surface area (Å²) >= 11 is 0. The van der Waals surface area contributed by atoms with Gasteiger partial charge in [-0.15, -0.1) is 0 Å². The molecule has 0 aliphatic heterocycles. The van der Waals surface area contributed by atoms with Gasteiger partial charge in [0.1, 0.15) is 5.75 Å². The topological polar surface area (TPSA) is 9.23 Å². The van der Waals surface area contributed by atoms with Crippen molar-refractivity contribution in [2.24, 2.45) is 0 Å². The lowest BCUT2D eigenvalue weighted by atomic mass is 10.0. The molecule has 0 aliphatic rings. The molecule has 0 fully saturated rings. The highest BCUT2D eigenvalue weighted by molar-refractivity contribution is 5.65. The zero-order valence-corrected chi connectivity index (χ0v) is 9.21. The maximum absolute atomic E-state index is 5.12. The third-order valence-electron chi connectivity index (χ3n) is 2.29. The van der Waals surface area contributed by atoms with Crippen molar-refractivity contribution < 1.29 is 4.74 Å². The molecule has 1 rings (SSSR count). The monoisotopic (exact) mass is 190 g/mol. The highest BCUT2D eigenvalue weighted by atomic mass is 16.5. The van der Waals surface area contributed by atoms with Crippen LogP contribution in [-0.2, 0) is 0 Å². The van der Waals surface area contributed by atoms with Crippen molar-refractivity contribution in [1.29, 1.82) is 0 Å². The molecule has 0 aliphatic carbocycles. The minimum Gasteiger partial charge on any atom is -0.497 e. The van der Waals surface area contributed by atoms with Gasteiger partial charge in [-0.2, -0.15) is 0 Å². The van der Waals surface area contributed by atoms with Gasteiger partial charge in [-0.3, -0.25) is 0 Å². The van der Waals surface area contributed by atoms with Gasteiger partial charge in [0, 0.05) is 0 Å². The second-order valence-electron chi connectivity index (χ2n) is 3.22. The molecule has 0 aromatic heterocycles. The maximum atomic E-state index is 5.12. The zero-order valence-electron chi connectivity index (χ0n) is 9.21. The van der Waals surface area contributed by atoms with E-state index in [0.717, 1.165) is 18.6 Å². The second kappa shape index (κ2) is 5.48. The van der Waals surface area contributed by atoms with Gasteiger partial charge in [-0.05, 0) is 36.1 Å². The number of allylic oxidation sites excluding steroid dienone is 2. The first-order valence-corrected chi connectivity index (χ1v) is 5.15. The molecule has 0 bridgehead atoms. The van der Waals surface area contributed by atoms with E-state index in [-0.39, 0.29) is 0 Å². The van der Waals surface area contributed by atoms with Gasteiger partial charge in [-0.25, -0.2) is 0 Å². The molecule has 1 heteroatoms. The van der Waals surface area contributed by atoms with Gasteiger partial charge in [0.05, 0.1) is 7.11 Å². The summed E-state index contributed by atoms with van der Waals surface area (Å²) < 4.78 is 5.12. The molecule has 0 heterocycles. The van der Waals surface area contributed by atoms with Crippen LogP contribution >= 0.6 is 0 Å². The maximum Gasteiger partial charge on any atom is 0.118 e. The Morgan fingerprint density at radius 1 is 1.21 bits per heavy atom. The van der Waals surface area contributed by atoms with Crippen LogP contribution in [0.2, 0.25) is 0 Å². The lowest BCUT2D eigenvalue weighted by molar-refractivity contribution is 0.415. The summed E-state index contributed by atoms with van der Waals surface area (Å²) in [6.45, 7) is 4.35. The quantitative estimate of drug-likeness (QED) is 0.699. The Labute approximate surface area is 86.4 Å². The summed E-state index contributed by atoms with van der Waals surface area (Å²) in [4.78, 5) is 0. The smallest absolute Gasteiger partial charge is 0.118 e. The normalized spacial score (nSPS) is 11.5. The average Bonchev–Trinajstić information content (AvgIpc) is 2.26. The molecule has 76 valence electrons. The highest BCUT2D eigenvalue weighted by Gasteiger charge is 1.98. The molecule has 1 aromatic carbocycles. The van der Waals surface area contributed by atoms with Gasteiger partial charge in [0.25, 0.3) is 0 Å². The molecule has 1 aromatic rings. The van der Waals surface area contributed by atoms with E-state index in [1.165, 1.54) is 11.1 Å². The van der Waals surface area contributed by atoms with E-state index < -0.39 is 0 Å². The largest absolute Gasteiger partial charge is 0.497 e. The van der Waals surface area contributed by atoms with Crippen LogP contribution < -0.4 is 4.74 Å². The number of methoxy groups -OCH3 is 1. The Morgan fingerprint density at radius 2 is 1.86 bits per heavy atom. The van der Waals surface area contributed by atoms with Gasteiger partial charge >= 0.3 is 0 Å². The lowest BCUT2D eigenvalue weighted by Crippen LogP contribution is -1.85. The minimum atomic E-state index is 0.917. The summed E-state index contributed by atoms with van der Waals surface area (Å²) in [5.74, 6) is 0.917. The van der Waals surface area contributed by atoms with E-state index in [0.29, 0.717) is 0 Å². The Balaban J connectivity index is 2.89. The first-order valence-electron chi connectivity index (χ1n) is 5.15. The van der Waals surface area contributed by atoms with Crippen molar-refractivity contribution >= 4 is 5.57 Å². The van der Waals surface area contributed by atoms with Crippen LogP contribution in [0.15, 0.2) is 30.3 Å². The molecule has 0 amide bonds. The van der Waals surface area contributed by atoms with Crippen molar-refractivity contribution in [2.75, 3.05) is 7.11 Å². The van der Waals surface area contributed by atoms with Crippen molar-refractivity contribution in [1.82, 2.24) is 0 Å². The molecule has 0 spiro atoms. The van der Waals surface area contributed by atoms with Crippen molar-refractivity contribution in [3.05, 3.63) is 35.9 Å². The summed E-state index contributed by atoms with van der Waals surface area (Å²) in [5.41, 5.74) is 2.71. The predicted octanol–water partition coefficient (Wildman–Crippen LogP) is 3.90.